The molecule has 6 nitrogen and oxygen atoms in total. The molecule has 1 aromatic rings. The number of sulfone groups is 1. The van der Waals surface area contributed by atoms with Crippen LogP contribution in [0.5, 0.6) is 0 Å². The van der Waals surface area contributed by atoms with Crippen molar-refractivity contribution >= 4 is 15.8 Å². The molecule has 7 heteroatoms. The maximum atomic E-state index is 11.4. The summed E-state index contributed by atoms with van der Waals surface area (Å²) in [7, 11) is -3.53. The van der Waals surface area contributed by atoms with Crippen LogP contribution in [0.2, 0.25) is 0 Å². The Kier molecular flexibility index (Phi) is 3.58. The van der Waals surface area contributed by atoms with E-state index in [2.05, 4.69) is 9.97 Å². The van der Waals surface area contributed by atoms with Crippen molar-refractivity contribution in [1.29, 1.82) is 0 Å². The first-order valence-electron chi connectivity index (χ1n) is 4.61. The van der Waals surface area contributed by atoms with E-state index in [0.717, 1.165) is 6.26 Å². The minimum Gasteiger partial charge on any atom is -0.481 e. The maximum Gasteiger partial charge on any atom is 0.307 e. The summed E-state index contributed by atoms with van der Waals surface area (Å²) in [5.74, 6) is -0.729. The van der Waals surface area contributed by atoms with Gasteiger partial charge in [0.1, 0.15) is 5.82 Å². The average molecular weight is 244 g/mol. The van der Waals surface area contributed by atoms with Gasteiger partial charge in [-0.2, -0.15) is 0 Å². The van der Waals surface area contributed by atoms with E-state index in [0.29, 0.717) is 12.2 Å². The van der Waals surface area contributed by atoms with Gasteiger partial charge in [0.15, 0.2) is 14.9 Å². The molecular formula is C9H12N2O4S. The maximum absolute atomic E-state index is 11.4. The van der Waals surface area contributed by atoms with Crippen LogP contribution in [0.4, 0.5) is 0 Å². The molecule has 0 unspecified atom stereocenters. The smallest absolute Gasteiger partial charge is 0.307 e. The minimum absolute atomic E-state index is 0.118. The van der Waals surface area contributed by atoms with Crippen molar-refractivity contribution in [2.24, 2.45) is 0 Å². The van der Waals surface area contributed by atoms with Crippen molar-refractivity contribution in [3.05, 3.63) is 17.6 Å². The molecule has 0 spiro atoms. The molecule has 0 saturated carbocycles. The van der Waals surface area contributed by atoms with E-state index >= 15 is 0 Å². The first-order chi connectivity index (χ1) is 7.34. The van der Waals surface area contributed by atoms with Crippen LogP contribution < -0.4 is 0 Å². The monoisotopic (exact) mass is 244 g/mol. The minimum atomic E-state index is -3.53. The molecular weight excluding hydrogens is 232 g/mol. The standard InChI is InChI=1S/C9H12N2O4S/c1-3-7-10-5-6(4-8(12)13)9(11-7)16(2,14)15/h5H,3-4H2,1-2H3,(H,12,13). The summed E-state index contributed by atoms with van der Waals surface area (Å²) in [6, 6.07) is 0. The average Bonchev–Trinajstić information content (AvgIpc) is 2.15. The van der Waals surface area contributed by atoms with Gasteiger partial charge in [-0.15, -0.1) is 0 Å². The van der Waals surface area contributed by atoms with Gasteiger partial charge in [0.05, 0.1) is 6.42 Å². The van der Waals surface area contributed by atoms with Gasteiger partial charge in [-0.05, 0) is 0 Å². The molecule has 0 atom stereocenters. The molecule has 0 amide bonds. The van der Waals surface area contributed by atoms with Gasteiger partial charge in [0.2, 0.25) is 0 Å². The largest absolute Gasteiger partial charge is 0.481 e. The number of carboxylic acid groups (broad SMARTS) is 1. The van der Waals surface area contributed by atoms with Gasteiger partial charge >= 0.3 is 5.97 Å². The number of aliphatic carboxylic acids is 1. The third-order valence-electron chi connectivity index (χ3n) is 1.88. The zero-order chi connectivity index (χ0) is 12.3. The first kappa shape index (κ1) is 12.6. The van der Waals surface area contributed by atoms with E-state index < -0.39 is 22.2 Å². The summed E-state index contributed by atoms with van der Waals surface area (Å²) in [4.78, 5) is 18.3. The third kappa shape index (κ3) is 2.99. The highest BCUT2D eigenvalue weighted by atomic mass is 32.2. The number of nitrogens with zero attached hydrogens (tertiary/aromatic N) is 2. The topological polar surface area (TPSA) is 97.2 Å². The summed E-state index contributed by atoms with van der Waals surface area (Å²) < 4.78 is 22.8. The molecule has 0 fully saturated rings. The van der Waals surface area contributed by atoms with Gasteiger partial charge in [0.25, 0.3) is 0 Å². The number of carbonyl (C=O) groups is 1. The van der Waals surface area contributed by atoms with E-state index in [-0.39, 0.29) is 10.6 Å². The second kappa shape index (κ2) is 4.56. The molecule has 1 aromatic heterocycles. The van der Waals surface area contributed by atoms with Crippen LogP contribution in [-0.2, 0) is 27.5 Å². The van der Waals surface area contributed by atoms with Crippen molar-refractivity contribution in [2.75, 3.05) is 6.26 Å². The van der Waals surface area contributed by atoms with Crippen molar-refractivity contribution in [1.82, 2.24) is 9.97 Å². The number of aromatic nitrogens is 2. The van der Waals surface area contributed by atoms with Gasteiger partial charge in [-0.25, -0.2) is 18.4 Å². The Balaban J connectivity index is 3.33. The zero-order valence-electron chi connectivity index (χ0n) is 8.97. The zero-order valence-corrected chi connectivity index (χ0v) is 9.78. The molecule has 1 N–H and O–H groups in total. The van der Waals surface area contributed by atoms with Crippen molar-refractivity contribution < 1.29 is 18.3 Å². The summed E-state index contributed by atoms with van der Waals surface area (Å²) in [5.41, 5.74) is 0.118. The number of hydrogen-bond donors (Lipinski definition) is 1. The second-order valence-electron chi connectivity index (χ2n) is 3.31. The Morgan fingerprint density at radius 2 is 2.12 bits per heavy atom. The highest BCUT2D eigenvalue weighted by Gasteiger charge is 2.18. The van der Waals surface area contributed by atoms with Crippen LogP contribution in [0.3, 0.4) is 0 Å². The van der Waals surface area contributed by atoms with Crippen molar-refractivity contribution in [2.45, 2.75) is 24.8 Å². The molecule has 0 saturated heterocycles. The molecule has 0 aliphatic rings. The van der Waals surface area contributed by atoms with Crippen LogP contribution in [0.25, 0.3) is 0 Å². The number of hydrogen-bond acceptors (Lipinski definition) is 5. The quantitative estimate of drug-likeness (QED) is 0.753. The molecule has 0 aromatic carbocycles. The van der Waals surface area contributed by atoms with E-state index in [1.54, 1.807) is 6.92 Å². The lowest BCUT2D eigenvalue weighted by Gasteiger charge is -2.05. The number of aryl methyl sites for hydroxylation is 1. The predicted octanol–water partition coefficient (Wildman–Crippen LogP) is 0.0696. The van der Waals surface area contributed by atoms with Crippen molar-refractivity contribution in [3.63, 3.8) is 0 Å². The normalized spacial score (nSPS) is 11.4. The Bertz CT molecular complexity index is 510. The van der Waals surface area contributed by atoms with E-state index in [1.165, 1.54) is 6.20 Å². The van der Waals surface area contributed by atoms with E-state index in [4.69, 9.17) is 5.11 Å². The SMILES string of the molecule is CCc1ncc(CC(=O)O)c(S(C)(=O)=O)n1. The molecule has 0 aliphatic heterocycles. The van der Waals surface area contributed by atoms with E-state index in [9.17, 15) is 13.2 Å². The lowest BCUT2D eigenvalue weighted by molar-refractivity contribution is -0.136. The van der Waals surface area contributed by atoms with Crippen LogP contribution >= 0.6 is 0 Å². The first-order valence-corrected chi connectivity index (χ1v) is 6.50. The van der Waals surface area contributed by atoms with Gasteiger partial charge in [-0.1, -0.05) is 6.92 Å². The summed E-state index contributed by atoms with van der Waals surface area (Å²) >= 11 is 0. The van der Waals surface area contributed by atoms with Gasteiger partial charge < -0.3 is 5.11 Å². The Hall–Kier alpha value is -1.50. The van der Waals surface area contributed by atoms with Crippen LogP contribution in [-0.4, -0.2) is 35.7 Å². The van der Waals surface area contributed by atoms with Gasteiger partial charge in [0, 0.05) is 24.4 Å². The van der Waals surface area contributed by atoms with Crippen LogP contribution in [0, 0.1) is 0 Å². The fourth-order valence-corrected chi connectivity index (χ4v) is 2.07. The van der Waals surface area contributed by atoms with E-state index in [1.807, 2.05) is 0 Å². The molecule has 88 valence electrons. The fourth-order valence-electron chi connectivity index (χ4n) is 1.20. The highest BCUT2D eigenvalue weighted by Crippen LogP contribution is 2.13. The highest BCUT2D eigenvalue weighted by molar-refractivity contribution is 7.90. The molecule has 0 aliphatic carbocycles. The Labute approximate surface area is 93.3 Å². The predicted molar refractivity (Wildman–Crippen MR) is 55.9 cm³/mol. The summed E-state index contributed by atoms with van der Waals surface area (Å²) in [5, 5.41) is 8.44. The van der Waals surface area contributed by atoms with Crippen LogP contribution in [0.15, 0.2) is 11.2 Å². The number of carboxylic acids is 1. The van der Waals surface area contributed by atoms with Crippen molar-refractivity contribution in [3.8, 4) is 0 Å². The van der Waals surface area contributed by atoms with Crippen LogP contribution in [0.1, 0.15) is 18.3 Å². The third-order valence-corrected chi connectivity index (χ3v) is 2.94. The molecule has 1 rings (SSSR count). The second-order valence-corrected chi connectivity index (χ2v) is 5.24. The molecule has 16 heavy (non-hydrogen) atoms. The molecule has 0 bridgehead atoms. The summed E-state index contributed by atoms with van der Waals surface area (Å²) in [6.45, 7) is 1.79. The Morgan fingerprint density at radius 1 is 1.50 bits per heavy atom. The Morgan fingerprint density at radius 3 is 2.56 bits per heavy atom. The lowest BCUT2D eigenvalue weighted by Crippen LogP contribution is -2.12. The lowest BCUT2D eigenvalue weighted by atomic mass is 10.2. The van der Waals surface area contributed by atoms with Gasteiger partial charge in [-0.3, -0.25) is 4.79 Å². The molecule has 1 heterocycles. The summed E-state index contributed by atoms with van der Waals surface area (Å²) in [6.07, 6.45) is 2.36. The number of rotatable bonds is 4. The fraction of sp³-hybridized carbons (Fsp3) is 0.444. The molecule has 0 radical (unpaired) electrons.